The van der Waals surface area contributed by atoms with Crippen LogP contribution in [0.2, 0.25) is 0 Å². The smallest absolute Gasteiger partial charge is 0.0990 e. The molecule has 8 bridgehead atoms. The molecule has 238 valence electrons. The first-order chi connectivity index (χ1) is 22.4. The van der Waals surface area contributed by atoms with E-state index in [-0.39, 0.29) is 5.92 Å². The molecule has 3 aliphatic rings. The maximum absolute atomic E-state index is 5.86. The standard InChI is InChI=1S/C43H46N4/c1-23-11-15-33(16-12-23)22-43-32(10)31(9)40(47-43)21-38-28(6)27(5)36(45-38)19-35-25(3)26(4)37(44-35)20-39-29(7)30(8)42(46-39)41(43)34-17-13-24(2)14-18-34/h11-21,41,44,46H,22H2,1-10H3/b35-19-,37-20-,38-21-/t41-,43-/m1/s1. The number of aryl methyl sites for hydroxylation is 2. The van der Waals surface area contributed by atoms with Gasteiger partial charge in [0.2, 0.25) is 0 Å². The van der Waals surface area contributed by atoms with Crippen LogP contribution in [0.15, 0.2) is 92.6 Å². The highest BCUT2D eigenvalue weighted by atomic mass is 14.9. The normalized spacial score (nSPS) is 23.2. The number of aromatic amines is 2. The van der Waals surface area contributed by atoms with Gasteiger partial charge >= 0.3 is 0 Å². The minimum absolute atomic E-state index is 0.0413. The summed E-state index contributed by atoms with van der Waals surface area (Å²) in [5.41, 5.74) is 19.9. The topological polar surface area (TPSA) is 56.3 Å². The lowest BCUT2D eigenvalue weighted by Gasteiger charge is -2.38. The van der Waals surface area contributed by atoms with Gasteiger partial charge in [-0.25, -0.2) is 4.99 Å². The number of allylic oxidation sites excluding steroid dienone is 4. The van der Waals surface area contributed by atoms with Gasteiger partial charge in [0.15, 0.2) is 0 Å². The third-order valence-corrected chi connectivity index (χ3v) is 11.4. The molecule has 2 aromatic carbocycles. The largest absolute Gasteiger partial charge is 0.358 e. The van der Waals surface area contributed by atoms with Gasteiger partial charge in [0.25, 0.3) is 0 Å². The number of benzene rings is 2. The minimum atomic E-state index is -0.548. The summed E-state index contributed by atoms with van der Waals surface area (Å²) in [5, 5.41) is 2.23. The molecular formula is C43H46N4. The summed E-state index contributed by atoms with van der Waals surface area (Å²) in [6.07, 6.45) is 7.52. The highest BCUT2D eigenvalue weighted by molar-refractivity contribution is 6.23. The first-order valence-corrected chi connectivity index (χ1v) is 16.8. The SMILES string of the molecule is CC1=C(C)/C2=C/C3=N[C@](Cc4ccc(C)cc4)(C(C)=C3C)[C@H](c3ccc(C)cc3)c3[nH]c(c(C)c3C)/C=c3\[nH]/c(c(C)c3C)=C\C1=N2. The van der Waals surface area contributed by atoms with Crippen molar-refractivity contribution in [3.8, 4) is 0 Å². The van der Waals surface area contributed by atoms with Crippen molar-refractivity contribution < 1.29 is 0 Å². The molecule has 0 saturated carbocycles. The Morgan fingerprint density at radius 3 is 1.87 bits per heavy atom. The van der Waals surface area contributed by atoms with Crippen molar-refractivity contribution in [3.63, 3.8) is 0 Å². The van der Waals surface area contributed by atoms with Crippen molar-refractivity contribution in [2.24, 2.45) is 9.98 Å². The highest BCUT2D eigenvalue weighted by Gasteiger charge is 2.48. The third-order valence-electron chi connectivity index (χ3n) is 11.4. The molecule has 47 heavy (non-hydrogen) atoms. The van der Waals surface area contributed by atoms with Crippen LogP contribution in [0.4, 0.5) is 0 Å². The predicted octanol–water partition coefficient (Wildman–Crippen LogP) is 8.40. The van der Waals surface area contributed by atoms with Gasteiger partial charge < -0.3 is 9.97 Å². The van der Waals surface area contributed by atoms with Crippen molar-refractivity contribution in [3.05, 3.63) is 149 Å². The number of rotatable bonds is 3. The summed E-state index contributed by atoms with van der Waals surface area (Å²) in [5.74, 6) is -0.0413. The van der Waals surface area contributed by atoms with Crippen molar-refractivity contribution in [2.45, 2.75) is 87.1 Å². The fraction of sp³-hybridized carbons (Fsp3) is 0.302. The van der Waals surface area contributed by atoms with Gasteiger partial charge in [-0.05, 0) is 143 Å². The van der Waals surface area contributed by atoms with Crippen LogP contribution in [-0.4, -0.2) is 26.9 Å². The van der Waals surface area contributed by atoms with Gasteiger partial charge in [-0.3, -0.25) is 4.99 Å². The number of fused-ring (bicyclic) bond motifs is 6. The molecule has 7 rings (SSSR count). The average Bonchev–Trinajstić information content (AvgIpc) is 3.66. The van der Waals surface area contributed by atoms with Crippen LogP contribution >= 0.6 is 0 Å². The molecule has 0 unspecified atom stereocenters. The van der Waals surface area contributed by atoms with E-state index < -0.39 is 5.54 Å². The molecule has 0 spiro atoms. The second-order valence-electron chi connectivity index (χ2n) is 14.1. The zero-order valence-corrected chi connectivity index (χ0v) is 29.5. The van der Waals surface area contributed by atoms with Crippen molar-refractivity contribution in [2.75, 3.05) is 0 Å². The Morgan fingerprint density at radius 1 is 0.596 bits per heavy atom. The van der Waals surface area contributed by atoms with Crippen LogP contribution < -0.4 is 10.7 Å². The Morgan fingerprint density at radius 2 is 1.21 bits per heavy atom. The molecule has 5 heterocycles. The van der Waals surface area contributed by atoms with Crippen LogP contribution in [0.5, 0.6) is 0 Å². The summed E-state index contributed by atoms with van der Waals surface area (Å²) in [6, 6.07) is 18.1. The van der Waals surface area contributed by atoms with E-state index in [9.17, 15) is 0 Å². The maximum Gasteiger partial charge on any atom is 0.0990 e. The molecule has 0 radical (unpaired) electrons. The van der Waals surface area contributed by atoms with Gasteiger partial charge in [-0.2, -0.15) is 0 Å². The lowest BCUT2D eigenvalue weighted by atomic mass is 9.69. The van der Waals surface area contributed by atoms with Crippen LogP contribution in [0.1, 0.15) is 89.5 Å². The van der Waals surface area contributed by atoms with Gasteiger partial charge in [0.05, 0.1) is 28.6 Å². The fourth-order valence-corrected chi connectivity index (χ4v) is 7.62. The van der Waals surface area contributed by atoms with Crippen molar-refractivity contribution >= 4 is 23.6 Å². The minimum Gasteiger partial charge on any atom is -0.358 e. The third kappa shape index (κ3) is 4.97. The van der Waals surface area contributed by atoms with Crippen LogP contribution in [0, 0.1) is 41.5 Å². The van der Waals surface area contributed by atoms with Gasteiger partial charge in [-0.15, -0.1) is 0 Å². The molecule has 2 atom stereocenters. The average molecular weight is 619 g/mol. The van der Waals surface area contributed by atoms with E-state index in [1.54, 1.807) is 0 Å². The molecular weight excluding hydrogens is 573 g/mol. The second-order valence-corrected chi connectivity index (χ2v) is 14.1. The number of aromatic nitrogens is 2. The molecule has 4 heteroatoms. The number of aliphatic imine (C=N–C) groups is 2. The Labute approximate surface area is 279 Å². The Hall–Kier alpha value is -4.70. The van der Waals surface area contributed by atoms with Gasteiger partial charge in [-0.1, -0.05) is 59.7 Å². The molecule has 0 saturated heterocycles. The van der Waals surface area contributed by atoms with Crippen LogP contribution in [0.25, 0.3) is 12.2 Å². The number of hydrogen-bond acceptors (Lipinski definition) is 2. The predicted molar refractivity (Wildman–Crippen MR) is 198 cm³/mol. The Balaban J connectivity index is 1.61. The lowest BCUT2D eigenvalue weighted by Crippen LogP contribution is -2.38. The monoisotopic (exact) mass is 618 g/mol. The van der Waals surface area contributed by atoms with E-state index in [1.807, 2.05) is 0 Å². The number of H-pyrrole nitrogens is 2. The van der Waals surface area contributed by atoms with Crippen LogP contribution in [0.3, 0.4) is 0 Å². The first kappa shape index (κ1) is 30.9. The zero-order chi connectivity index (χ0) is 33.4. The second kappa shape index (κ2) is 11.2. The summed E-state index contributed by atoms with van der Waals surface area (Å²) >= 11 is 0. The van der Waals surface area contributed by atoms with Gasteiger partial charge in [0.1, 0.15) is 0 Å². The Bertz CT molecular complexity index is 2240. The molecule has 4 nitrogen and oxygen atoms in total. The van der Waals surface area contributed by atoms with E-state index >= 15 is 0 Å². The highest BCUT2D eigenvalue weighted by Crippen LogP contribution is 2.50. The van der Waals surface area contributed by atoms with E-state index in [0.717, 1.165) is 39.9 Å². The number of hydrogen-bond donors (Lipinski definition) is 2. The molecule has 0 amide bonds. The quantitative estimate of drug-likeness (QED) is 0.232. The van der Waals surface area contributed by atoms with Gasteiger partial charge in [0, 0.05) is 28.5 Å². The molecule has 0 fully saturated rings. The lowest BCUT2D eigenvalue weighted by molar-refractivity contribution is 0.441. The summed E-state index contributed by atoms with van der Waals surface area (Å²) in [6.45, 7) is 22.2. The van der Waals surface area contributed by atoms with E-state index in [0.29, 0.717) is 0 Å². The maximum atomic E-state index is 5.86. The summed E-state index contributed by atoms with van der Waals surface area (Å²) in [4.78, 5) is 18.8. The van der Waals surface area contributed by atoms with Crippen molar-refractivity contribution in [1.29, 1.82) is 0 Å². The summed E-state index contributed by atoms with van der Waals surface area (Å²) < 4.78 is 0. The fourth-order valence-electron chi connectivity index (χ4n) is 7.62. The number of nitrogens with one attached hydrogen (secondary N) is 2. The van der Waals surface area contributed by atoms with Crippen molar-refractivity contribution in [1.82, 2.24) is 9.97 Å². The first-order valence-electron chi connectivity index (χ1n) is 16.8. The molecule has 0 aliphatic carbocycles. The number of nitrogens with zero attached hydrogens (tertiary/aromatic N) is 2. The molecule has 2 aromatic heterocycles. The molecule has 3 aliphatic heterocycles. The zero-order valence-electron chi connectivity index (χ0n) is 29.5. The van der Waals surface area contributed by atoms with E-state index in [4.69, 9.17) is 9.98 Å². The Kier molecular flexibility index (Phi) is 7.39. The van der Waals surface area contributed by atoms with E-state index in [2.05, 4.69) is 146 Å². The molecule has 4 aromatic rings. The van der Waals surface area contributed by atoms with E-state index in [1.165, 1.54) is 72.5 Å². The summed E-state index contributed by atoms with van der Waals surface area (Å²) in [7, 11) is 0. The van der Waals surface area contributed by atoms with Crippen LogP contribution in [-0.2, 0) is 6.42 Å². The molecule has 2 N–H and O–H groups in total.